The Morgan fingerprint density at radius 1 is 1.06 bits per heavy atom. The summed E-state index contributed by atoms with van der Waals surface area (Å²) in [4.78, 5) is 34.4. The quantitative estimate of drug-likeness (QED) is 0.163. The van der Waals surface area contributed by atoms with Gasteiger partial charge in [0.05, 0.1) is 13.2 Å². The zero-order chi connectivity index (χ0) is 26.8. The first kappa shape index (κ1) is 29.9. The number of hydrogen-bond donors (Lipinski definition) is 4. The van der Waals surface area contributed by atoms with E-state index < -0.39 is 37.9 Å². The summed E-state index contributed by atoms with van der Waals surface area (Å²) >= 11 is -5.14. The fourth-order valence-electron chi connectivity index (χ4n) is 2.82. The van der Waals surface area contributed by atoms with Crippen molar-refractivity contribution in [1.29, 1.82) is 0 Å². The Morgan fingerprint density at radius 3 is 2.09 bits per heavy atom. The van der Waals surface area contributed by atoms with Gasteiger partial charge in [-0.25, -0.2) is 4.39 Å². The van der Waals surface area contributed by atoms with Crippen LogP contribution in [0.3, 0.4) is 0 Å². The molecular formula is C23H29AsFNO9. The summed E-state index contributed by atoms with van der Waals surface area (Å²) in [5, 5.41) is 11.5. The Hall–Kier alpha value is -3.14. The first-order valence-electron chi connectivity index (χ1n) is 10.6. The molecule has 2 aromatic rings. The van der Waals surface area contributed by atoms with Crippen molar-refractivity contribution < 1.29 is 45.3 Å². The number of phenols is 1. The normalized spacial score (nSPS) is 10.7. The van der Waals surface area contributed by atoms with Crippen LogP contribution in [-0.4, -0.2) is 58.5 Å². The standard InChI is InChI=1S/C15H19FO4.C8H10AsNO5/c1-4-19-14(17)12(15(18)20-5-2)8-11-7-6-10(3)13(16)9-11;1-5(11)10-8-6(9(13,14)15)3-2-4-7(8)12/h6-7,9,12H,4-5,8H2,1-3H3;2-4,12H,1H3,(H,10,11)(H2,13,14,15). The van der Waals surface area contributed by atoms with Crippen molar-refractivity contribution in [1.82, 2.24) is 0 Å². The first-order chi connectivity index (χ1) is 16.3. The predicted octanol–water partition coefficient (Wildman–Crippen LogP) is 1.33. The number of aromatic hydroxyl groups is 1. The van der Waals surface area contributed by atoms with Gasteiger partial charge in [-0.1, -0.05) is 12.1 Å². The number of halogens is 1. The molecule has 0 aliphatic rings. The molecule has 2 aromatic carbocycles. The van der Waals surface area contributed by atoms with Crippen molar-refractivity contribution in [2.45, 2.75) is 34.1 Å². The molecule has 0 heterocycles. The van der Waals surface area contributed by atoms with E-state index in [0.717, 1.165) is 0 Å². The van der Waals surface area contributed by atoms with Gasteiger partial charge in [-0.05, 0) is 44.4 Å². The van der Waals surface area contributed by atoms with Gasteiger partial charge in [-0.3, -0.25) is 9.59 Å². The molecule has 0 aliphatic carbocycles. The summed E-state index contributed by atoms with van der Waals surface area (Å²) in [5.74, 6) is -3.60. The van der Waals surface area contributed by atoms with Crippen molar-refractivity contribution in [3.63, 3.8) is 0 Å². The maximum Gasteiger partial charge on any atom is 0.320 e. The van der Waals surface area contributed by atoms with Gasteiger partial charge >= 0.3 is 100 Å². The fraction of sp³-hybridized carbons (Fsp3) is 0.348. The van der Waals surface area contributed by atoms with E-state index in [2.05, 4.69) is 5.32 Å². The van der Waals surface area contributed by atoms with Crippen molar-refractivity contribution in [3.05, 3.63) is 53.3 Å². The van der Waals surface area contributed by atoms with Gasteiger partial charge < -0.3 is 9.47 Å². The van der Waals surface area contributed by atoms with Crippen molar-refractivity contribution in [2.75, 3.05) is 18.5 Å². The Kier molecular flexibility index (Phi) is 11.7. The van der Waals surface area contributed by atoms with Crippen LogP contribution in [0.4, 0.5) is 10.1 Å². The smallest absolute Gasteiger partial charge is 0.320 e. The van der Waals surface area contributed by atoms with Gasteiger partial charge in [0.2, 0.25) is 0 Å². The Bertz CT molecular complexity index is 1080. The number of anilines is 1. The fourth-order valence-corrected chi connectivity index (χ4v) is 4.38. The van der Waals surface area contributed by atoms with E-state index in [4.69, 9.17) is 17.7 Å². The van der Waals surface area contributed by atoms with Gasteiger partial charge in [-0.2, -0.15) is 0 Å². The first-order valence-corrected chi connectivity index (χ1v) is 13.9. The molecule has 0 aliphatic heterocycles. The molecule has 0 spiro atoms. The van der Waals surface area contributed by atoms with Crippen LogP contribution in [0.1, 0.15) is 31.9 Å². The van der Waals surface area contributed by atoms with Crippen LogP contribution in [-0.2, 0) is 34.0 Å². The third-order valence-corrected chi connectivity index (χ3v) is 6.55. The SMILES string of the molecule is CC(=O)Nc1c(O)cccc1[As](=O)(O)O.CCOC(=O)C(Cc1ccc(C)c(F)c1)C(=O)OCC. The molecule has 4 N–H and O–H groups in total. The summed E-state index contributed by atoms with van der Waals surface area (Å²) in [5.41, 5.74) is 0.842. The maximum absolute atomic E-state index is 13.5. The van der Waals surface area contributed by atoms with Crippen LogP contribution in [0.15, 0.2) is 36.4 Å². The van der Waals surface area contributed by atoms with Crippen LogP contribution in [0.25, 0.3) is 0 Å². The summed E-state index contributed by atoms with van der Waals surface area (Å²) in [6, 6.07) is 8.32. The van der Waals surface area contributed by atoms with Crippen LogP contribution in [0, 0.1) is 18.7 Å². The molecule has 2 rings (SSSR count). The second-order valence-corrected chi connectivity index (χ2v) is 10.5. The van der Waals surface area contributed by atoms with E-state index in [0.29, 0.717) is 11.1 Å². The van der Waals surface area contributed by atoms with Gasteiger partial charge in [-0.15, -0.1) is 0 Å². The molecule has 192 valence electrons. The second-order valence-electron chi connectivity index (χ2n) is 7.24. The summed E-state index contributed by atoms with van der Waals surface area (Å²) in [6.07, 6.45) is 0.0644. The summed E-state index contributed by atoms with van der Waals surface area (Å²) < 4.78 is 52.0. The van der Waals surface area contributed by atoms with Crippen LogP contribution in [0.5, 0.6) is 5.75 Å². The average molecular weight is 557 g/mol. The number of rotatable bonds is 8. The van der Waals surface area contributed by atoms with E-state index in [-0.39, 0.29) is 41.2 Å². The largest absolute Gasteiger partial charge is 0.465 e. The Balaban J connectivity index is 0.000000365. The predicted molar refractivity (Wildman–Crippen MR) is 125 cm³/mol. The van der Waals surface area contributed by atoms with Crippen molar-refractivity contribution in [3.8, 4) is 5.75 Å². The third-order valence-electron chi connectivity index (χ3n) is 4.45. The van der Waals surface area contributed by atoms with Gasteiger partial charge in [0.15, 0.2) is 5.92 Å². The number of aryl methyl sites for hydroxylation is 1. The monoisotopic (exact) mass is 557 g/mol. The number of phenolic OH excluding ortho intramolecular Hbond substituents is 1. The second kappa shape index (κ2) is 13.7. The molecule has 0 bridgehead atoms. The van der Waals surface area contributed by atoms with Gasteiger partial charge in [0.25, 0.3) is 0 Å². The van der Waals surface area contributed by atoms with Gasteiger partial charge in [0, 0.05) is 0 Å². The molecule has 0 saturated heterocycles. The minimum Gasteiger partial charge on any atom is -0.465 e. The molecule has 0 unspecified atom stereocenters. The number of esters is 2. The van der Waals surface area contributed by atoms with E-state index in [1.54, 1.807) is 32.9 Å². The topological polar surface area (TPSA) is 159 Å². The molecule has 0 atom stereocenters. The van der Waals surface area contributed by atoms with E-state index in [1.807, 2.05) is 0 Å². The van der Waals surface area contributed by atoms with E-state index in [1.165, 1.54) is 31.2 Å². The van der Waals surface area contributed by atoms with Crippen LogP contribution < -0.4 is 9.67 Å². The molecule has 1 amide bonds. The third kappa shape index (κ3) is 9.56. The van der Waals surface area contributed by atoms with E-state index in [9.17, 15) is 27.6 Å². The number of carbonyl (C=O) groups excluding carboxylic acids is 3. The number of benzene rings is 2. The zero-order valence-electron chi connectivity index (χ0n) is 19.8. The number of ether oxygens (including phenoxy) is 2. The minimum atomic E-state index is -5.14. The van der Waals surface area contributed by atoms with Crippen molar-refractivity contribution in [2.24, 2.45) is 5.92 Å². The summed E-state index contributed by atoms with van der Waals surface area (Å²) in [7, 11) is 0. The molecule has 35 heavy (non-hydrogen) atoms. The number of amides is 1. The van der Waals surface area contributed by atoms with Crippen LogP contribution >= 0.6 is 0 Å². The molecule has 12 heteroatoms. The number of carbonyl (C=O) groups is 3. The molecule has 10 nitrogen and oxygen atoms in total. The molecular weight excluding hydrogens is 528 g/mol. The minimum absolute atomic E-state index is 0.0644. The maximum atomic E-state index is 13.5. The molecule has 0 saturated carbocycles. The number of hydrogen-bond acceptors (Lipinski definition) is 7. The Labute approximate surface area is 205 Å². The molecule has 0 aromatic heterocycles. The van der Waals surface area contributed by atoms with E-state index >= 15 is 0 Å². The zero-order valence-corrected chi connectivity index (χ0v) is 21.7. The van der Waals surface area contributed by atoms with Crippen LogP contribution in [0.2, 0.25) is 0 Å². The number of para-hydroxylation sites is 1. The Morgan fingerprint density at radius 2 is 1.63 bits per heavy atom. The number of nitrogens with one attached hydrogen (secondary N) is 1. The molecule has 0 radical (unpaired) electrons. The average Bonchev–Trinajstić information content (AvgIpc) is 2.75. The summed E-state index contributed by atoms with van der Waals surface area (Å²) in [6.45, 7) is 6.50. The van der Waals surface area contributed by atoms with Gasteiger partial charge in [0.1, 0.15) is 5.82 Å². The molecule has 0 fully saturated rings. The van der Waals surface area contributed by atoms with Crippen molar-refractivity contribution >= 4 is 42.1 Å².